The van der Waals surface area contributed by atoms with E-state index in [2.05, 4.69) is 4.98 Å². The van der Waals surface area contributed by atoms with Gasteiger partial charge in [-0.2, -0.15) is 0 Å². The Balaban J connectivity index is 2.91. The smallest absolute Gasteiger partial charge is 0.323 e. The number of carbonyl (C=O) groups excluding carboxylic acids is 1. The number of hydrogen-bond acceptors (Lipinski definition) is 3. The van der Waals surface area contributed by atoms with E-state index in [9.17, 15) is 9.59 Å². The molecule has 1 amide bonds. The molecule has 0 spiro atoms. The van der Waals surface area contributed by atoms with Gasteiger partial charge in [0, 0.05) is 18.9 Å². The predicted molar refractivity (Wildman–Crippen MR) is 63.1 cm³/mol. The number of nitrogens with zero attached hydrogens (tertiary/aromatic N) is 2. The Kier molecular flexibility index (Phi) is 4.90. The van der Waals surface area contributed by atoms with Gasteiger partial charge < -0.3 is 10.0 Å². The lowest BCUT2D eigenvalue weighted by atomic mass is 10.2. The third kappa shape index (κ3) is 3.71. The van der Waals surface area contributed by atoms with Gasteiger partial charge in [-0.1, -0.05) is 18.5 Å². The number of hydrogen-bond donors (Lipinski definition) is 1. The van der Waals surface area contributed by atoms with E-state index in [0.29, 0.717) is 13.0 Å². The van der Waals surface area contributed by atoms with Crippen molar-refractivity contribution in [3.63, 3.8) is 0 Å². The van der Waals surface area contributed by atoms with Crippen LogP contribution in [0.3, 0.4) is 0 Å². The van der Waals surface area contributed by atoms with Crippen LogP contribution in [0.4, 0.5) is 0 Å². The number of rotatable bonds is 5. The molecule has 1 aromatic rings. The van der Waals surface area contributed by atoms with E-state index in [1.807, 2.05) is 6.92 Å². The van der Waals surface area contributed by atoms with E-state index in [1.54, 1.807) is 0 Å². The van der Waals surface area contributed by atoms with E-state index in [-0.39, 0.29) is 23.0 Å². The molecule has 0 unspecified atom stereocenters. The topological polar surface area (TPSA) is 70.5 Å². The number of carboxylic acids is 1. The highest BCUT2D eigenvalue weighted by atomic mass is 35.5. The van der Waals surface area contributed by atoms with Crippen LogP contribution < -0.4 is 0 Å². The molecule has 6 heteroatoms. The summed E-state index contributed by atoms with van der Waals surface area (Å²) in [4.78, 5) is 27.7. The number of halogens is 1. The second-order valence-corrected chi connectivity index (χ2v) is 3.88. The molecule has 0 aromatic carbocycles. The molecule has 0 bridgehead atoms. The van der Waals surface area contributed by atoms with Gasteiger partial charge in [-0.3, -0.25) is 14.6 Å². The molecule has 0 aliphatic rings. The number of carboxylic acid groups (broad SMARTS) is 1. The Hall–Kier alpha value is -1.62. The summed E-state index contributed by atoms with van der Waals surface area (Å²) in [5, 5.41) is 8.96. The minimum atomic E-state index is -1.04. The van der Waals surface area contributed by atoms with E-state index < -0.39 is 5.97 Å². The average Bonchev–Trinajstić information content (AvgIpc) is 2.28. The maximum atomic E-state index is 12.0. The third-order valence-electron chi connectivity index (χ3n) is 2.11. The monoisotopic (exact) mass is 256 g/mol. The number of amides is 1. The lowest BCUT2D eigenvalue weighted by Crippen LogP contribution is -2.36. The molecule has 1 aromatic heterocycles. The van der Waals surface area contributed by atoms with Crippen molar-refractivity contribution in [2.75, 3.05) is 13.1 Å². The normalized spacial score (nSPS) is 10.0. The van der Waals surface area contributed by atoms with E-state index in [1.165, 1.54) is 23.4 Å². The van der Waals surface area contributed by atoms with Crippen LogP contribution in [-0.2, 0) is 4.79 Å². The van der Waals surface area contributed by atoms with Crippen molar-refractivity contribution in [3.05, 3.63) is 29.0 Å². The van der Waals surface area contributed by atoms with Crippen LogP contribution in [0.1, 0.15) is 23.7 Å². The SMILES string of the molecule is CCCN(CC(=O)O)C(=O)c1ccncc1Cl. The van der Waals surface area contributed by atoms with Crippen molar-refractivity contribution in [2.24, 2.45) is 0 Å². The summed E-state index contributed by atoms with van der Waals surface area (Å²) in [5.41, 5.74) is 0.274. The van der Waals surface area contributed by atoms with Crippen LogP contribution in [0, 0.1) is 0 Å². The van der Waals surface area contributed by atoms with E-state index in [0.717, 1.165) is 0 Å². The maximum Gasteiger partial charge on any atom is 0.323 e. The van der Waals surface area contributed by atoms with Crippen molar-refractivity contribution >= 4 is 23.5 Å². The van der Waals surface area contributed by atoms with Gasteiger partial charge in [-0.25, -0.2) is 0 Å². The van der Waals surface area contributed by atoms with E-state index >= 15 is 0 Å². The Morgan fingerprint density at radius 1 is 1.53 bits per heavy atom. The zero-order valence-electron chi connectivity index (χ0n) is 9.39. The summed E-state index contributed by atoms with van der Waals surface area (Å²) >= 11 is 5.84. The lowest BCUT2D eigenvalue weighted by Gasteiger charge is -2.20. The van der Waals surface area contributed by atoms with Crippen LogP contribution >= 0.6 is 11.6 Å². The Bertz CT molecular complexity index is 423. The summed E-state index contributed by atoms with van der Waals surface area (Å²) in [6.07, 6.45) is 3.49. The van der Waals surface area contributed by atoms with Crippen molar-refractivity contribution in [1.82, 2.24) is 9.88 Å². The van der Waals surface area contributed by atoms with Crippen molar-refractivity contribution in [2.45, 2.75) is 13.3 Å². The summed E-state index contributed by atoms with van der Waals surface area (Å²) < 4.78 is 0. The van der Waals surface area contributed by atoms with Gasteiger partial charge in [0.05, 0.1) is 10.6 Å². The second-order valence-electron chi connectivity index (χ2n) is 3.48. The van der Waals surface area contributed by atoms with Gasteiger partial charge in [0.25, 0.3) is 5.91 Å². The molecule has 0 saturated heterocycles. The highest BCUT2D eigenvalue weighted by molar-refractivity contribution is 6.33. The molecule has 5 nitrogen and oxygen atoms in total. The summed E-state index contributed by atoms with van der Waals surface area (Å²) in [6, 6.07) is 1.48. The van der Waals surface area contributed by atoms with Gasteiger partial charge in [-0.05, 0) is 12.5 Å². The quantitative estimate of drug-likeness (QED) is 0.870. The van der Waals surface area contributed by atoms with Crippen molar-refractivity contribution in [3.8, 4) is 0 Å². The highest BCUT2D eigenvalue weighted by Crippen LogP contribution is 2.15. The van der Waals surface area contributed by atoms with Crippen molar-refractivity contribution < 1.29 is 14.7 Å². The van der Waals surface area contributed by atoms with Crippen LogP contribution in [0.15, 0.2) is 18.5 Å². The molecule has 0 aliphatic carbocycles. The molecule has 0 saturated carbocycles. The number of aliphatic carboxylic acids is 1. The van der Waals surface area contributed by atoms with E-state index in [4.69, 9.17) is 16.7 Å². The molecule has 0 aliphatic heterocycles. The first kappa shape index (κ1) is 13.4. The summed E-state index contributed by atoms with van der Waals surface area (Å²) in [5.74, 6) is -1.43. The van der Waals surface area contributed by atoms with Crippen LogP contribution in [0.25, 0.3) is 0 Å². The molecule has 17 heavy (non-hydrogen) atoms. The first-order valence-corrected chi connectivity index (χ1v) is 5.54. The minimum Gasteiger partial charge on any atom is -0.480 e. The van der Waals surface area contributed by atoms with Crippen molar-refractivity contribution in [1.29, 1.82) is 0 Å². The van der Waals surface area contributed by atoms with Crippen LogP contribution in [0.2, 0.25) is 5.02 Å². The summed E-state index contributed by atoms with van der Waals surface area (Å²) in [7, 11) is 0. The average molecular weight is 257 g/mol. The largest absolute Gasteiger partial charge is 0.480 e. The fourth-order valence-electron chi connectivity index (χ4n) is 1.40. The van der Waals surface area contributed by atoms with Gasteiger partial charge in [-0.15, -0.1) is 0 Å². The lowest BCUT2D eigenvalue weighted by molar-refractivity contribution is -0.137. The van der Waals surface area contributed by atoms with Gasteiger partial charge in [0.15, 0.2) is 0 Å². The van der Waals surface area contributed by atoms with Crippen LogP contribution in [0.5, 0.6) is 0 Å². The molecule has 92 valence electrons. The molecule has 1 rings (SSSR count). The molecule has 0 fully saturated rings. The molecule has 0 atom stereocenters. The Labute approximate surface area is 104 Å². The fourth-order valence-corrected chi connectivity index (χ4v) is 1.60. The minimum absolute atomic E-state index is 0.226. The molecule has 0 radical (unpaired) electrons. The first-order valence-electron chi connectivity index (χ1n) is 5.16. The third-order valence-corrected chi connectivity index (χ3v) is 2.41. The molecule has 1 heterocycles. The predicted octanol–water partition coefficient (Wildman–Crippen LogP) is 1.67. The number of carbonyl (C=O) groups is 2. The molecular weight excluding hydrogens is 244 g/mol. The zero-order valence-corrected chi connectivity index (χ0v) is 10.1. The number of pyridine rings is 1. The Morgan fingerprint density at radius 3 is 2.76 bits per heavy atom. The van der Waals surface area contributed by atoms with Gasteiger partial charge >= 0.3 is 5.97 Å². The summed E-state index contributed by atoms with van der Waals surface area (Å²) in [6.45, 7) is 1.92. The Morgan fingerprint density at radius 2 is 2.24 bits per heavy atom. The molecular formula is C11H13ClN2O3. The number of aromatic nitrogens is 1. The molecule has 1 N–H and O–H groups in total. The second kappa shape index (κ2) is 6.20. The van der Waals surface area contributed by atoms with Gasteiger partial charge in [0.2, 0.25) is 0 Å². The van der Waals surface area contributed by atoms with Gasteiger partial charge in [0.1, 0.15) is 6.54 Å². The van der Waals surface area contributed by atoms with Crippen LogP contribution in [-0.4, -0.2) is 40.0 Å². The zero-order chi connectivity index (χ0) is 12.8. The maximum absolute atomic E-state index is 12.0. The highest BCUT2D eigenvalue weighted by Gasteiger charge is 2.19. The standard InChI is InChI=1S/C11H13ClN2O3/c1-2-5-14(7-10(15)16)11(17)8-3-4-13-6-9(8)12/h3-4,6H,2,5,7H2,1H3,(H,15,16). The fraction of sp³-hybridized carbons (Fsp3) is 0.364. The first-order chi connectivity index (χ1) is 8.06.